The quantitative estimate of drug-likeness (QED) is 0.857. The van der Waals surface area contributed by atoms with Crippen molar-refractivity contribution in [2.75, 3.05) is 31.6 Å². The summed E-state index contributed by atoms with van der Waals surface area (Å²) in [4.78, 5) is 14.3. The highest BCUT2D eigenvalue weighted by atomic mass is 35.5. The second-order valence-corrected chi connectivity index (χ2v) is 7.02. The van der Waals surface area contributed by atoms with Crippen molar-refractivity contribution < 1.29 is 14.4 Å². The molecule has 2 aromatic carbocycles. The minimum Gasteiger partial charge on any atom is -0.370 e. The van der Waals surface area contributed by atoms with Gasteiger partial charge in [0.2, 0.25) is 0 Å². The topological polar surface area (TPSA) is 42.8 Å². The molecule has 1 atom stereocenters. The molecule has 0 spiro atoms. The van der Waals surface area contributed by atoms with Gasteiger partial charge in [0, 0.05) is 16.3 Å². The largest absolute Gasteiger partial charge is 0.370 e. The number of amides is 1. The minimum absolute atomic E-state index is 0.0737. The predicted molar refractivity (Wildman–Crippen MR) is 101 cm³/mol. The molecule has 132 valence electrons. The first-order valence-corrected chi connectivity index (χ1v) is 9.05. The number of halogens is 2. The Morgan fingerprint density at radius 2 is 1.88 bits per heavy atom. The summed E-state index contributed by atoms with van der Waals surface area (Å²) in [5, 5.41) is 4.13. The number of carbonyl (C=O) groups excluding carboxylic acids is 1. The standard InChI is InChI=1S/C19H20Cl2N2O2/c1-13-4-2-3-5-17(13)22-19(24)18(23-8-10-25-11-9-23)15-7-6-14(20)12-16(15)21/h2-7,12,18H,8-11H2,1H3,(H,22,24)/p+1/t18-/m1/s1. The van der Waals surface area contributed by atoms with E-state index in [4.69, 9.17) is 27.9 Å². The number of anilines is 1. The number of rotatable bonds is 4. The molecular formula is C19H21Cl2N2O2+. The Morgan fingerprint density at radius 3 is 2.56 bits per heavy atom. The molecule has 0 radical (unpaired) electrons. The van der Waals surface area contributed by atoms with Crippen molar-refractivity contribution in [2.24, 2.45) is 0 Å². The summed E-state index contributed by atoms with van der Waals surface area (Å²) in [5.74, 6) is -0.0737. The molecule has 2 aromatic rings. The Kier molecular flexibility index (Phi) is 5.97. The highest BCUT2D eigenvalue weighted by Gasteiger charge is 2.34. The van der Waals surface area contributed by atoms with E-state index in [1.165, 1.54) is 0 Å². The number of ether oxygens (including phenoxy) is 1. The Hall–Kier alpha value is -1.59. The number of hydrogen-bond donors (Lipinski definition) is 2. The number of carbonyl (C=O) groups is 1. The van der Waals surface area contributed by atoms with Crippen LogP contribution < -0.4 is 10.2 Å². The lowest BCUT2D eigenvalue weighted by atomic mass is 10.0. The van der Waals surface area contributed by atoms with Crippen LogP contribution in [0.5, 0.6) is 0 Å². The van der Waals surface area contributed by atoms with E-state index in [2.05, 4.69) is 5.32 Å². The van der Waals surface area contributed by atoms with Gasteiger partial charge in [-0.2, -0.15) is 0 Å². The summed E-state index contributed by atoms with van der Waals surface area (Å²) in [6, 6.07) is 12.6. The van der Waals surface area contributed by atoms with Gasteiger partial charge >= 0.3 is 0 Å². The molecule has 0 bridgehead atoms. The molecule has 1 heterocycles. The van der Waals surface area contributed by atoms with Crippen LogP contribution in [0.4, 0.5) is 5.69 Å². The van der Waals surface area contributed by atoms with Gasteiger partial charge in [0.1, 0.15) is 13.1 Å². The second-order valence-electron chi connectivity index (χ2n) is 6.17. The van der Waals surface area contributed by atoms with Crippen molar-refractivity contribution in [3.63, 3.8) is 0 Å². The molecule has 0 unspecified atom stereocenters. The van der Waals surface area contributed by atoms with E-state index in [9.17, 15) is 4.79 Å². The number of morpholine rings is 1. The summed E-state index contributed by atoms with van der Waals surface area (Å²) in [5.41, 5.74) is 2.62. The third-order valence-corrected chi connectivity index (χ3v) is 5.04. The van der Waals surface area contributed by atoms with Crippen LogP contribution in [-0.2, 0) is 9.53 Å². The van der Waals surface area contributed by atoms with E-state index < -0.39 is 6.04 Å². The van der Waals surface area contributed by atoms with Gasteiger partial charge in [-0.25, -0.2) is 0 Å². The van der Waals surface area contributed by atoms with Gasteiger partial charge in [0.05, 0.1) is 18.2 Å². The first-order valence-electron chi connectivity index (χ1n) is 8.30. The molecule has 3 rings (SSSR count). The summed E-state index contributed by atoms with van der Waals surface area (Å²) in [6.07, 6.45) is 0. The first kappa shape index (κ1) is 18.2. The predicted octanol–water partition coefficient (Wildman–Crippen LogP) is 2.90. The highest BCUT2D eigenvalue weighted by Crippen LogP contribution is 2.26. The van der Waals surface area contributed by atoms with E-state index in [1.807, 2.05) is 37.3 Å². The third kappa shape index (κ3) is 4.33. The van der Waals surface area contributed by atoms with Crippen LogP contribution in [0.3, 0.4) is 0 Å². The molecule has 1 amide bonds. The summed E-state index contributed by atoms with van der Waals surface area (Å²) in [7, 11) is 0. The molecule has 1 aliphatic rings. The van der Waals surface area contributed by atoms with Crippen LogP contribution in [0, 0.1) is 6.92 Å². The van der Waals surface area contributed by atoms with Crippen molar-refractivity contribution in [1.82, 2.24) is 0 Å². The van der Waals surface area contributed by atoms with Crippen LogP contribution in [0.25, 0.3) is 0 Å². The van der Waals surface area contributed by atoms with Crippen LogP contribution in [-0.4, -0.2) is 32.2 Å². The number of benzene rings is 2. The van der Waals surface area contributed by atoms with Gasteiger partial charge in [0.25, 0.3) is 5.91 Å². The highest BCUT2D eigenvalue weighted by molar-refractivity contribution is 6.35. The van der Waals surface area contributed by atoms with E-state index in [0.29, 0.717) is 23.3 Å². The Labute approximate surface area is 157 Å². The fourth-order valence-corrected chi connectivity index (χ4v) is 3.64. The van der Waals surface area contributed by atoms with Crippen LogP contribution in [0.2, 0.25) is 10.0 Å². The maximum atomic E-state index is 13.1. The van der Waals surface area contributed by atoms with Gasteiger partial charge in [-0.15, -0.1) is 0 Å². The normalized spacial score (nSPS) is 16.4. The van der Waals surface area contributed by atoms with E-state index >= 15 is 0 Å². The zero-order chi connectivity index (χ0) is 17.8. The lowest BCUT2D eigenvalue weighted by molar-refractivity contribution is -0.929. The fourth-order valence-electron chi connectivity index (χ4n) is 3.12. The zero-order valence-corrected chi connectivity index (χ0v) is 15.5. The van der Waals surface area contributed by atoms with Crippen molar-refractivity contribution in [2.45, 2.75) is 13.0 Å². The summed E-state index contributed by atoms with van der Waals surface area (Å²) < 4.78 is 5.45. The smallest absolute Gasteiger partial charge is 0.287 e. The molecule has 1 aliphatic heterocycles. The van der Waals surface area contributed by atoms with Crippen molar-refractivity contribution in [3.05, 3.63) is 63.6 Å². The number of para-hydroxylation sites is 1. The van der Waals surface area contributed by atoms with Crippen molar-refractivity contribution in [3.8, 4) is 0 Å². The average Bonchev–Trinajstić information content (AvgIpc) is 2.60. The average molecular weight is 380 g/mol. The number of nitrogens with one attached hydrogen (secondary N) is 2. The van der Waals surface area contributed by atoms with Gasteiger partial charge < -0.3 is 15.0 Å². The molecule has 1 saturated heterocycles. The maximum Gasteiger partial charge on any atom is 0.287 e. The lowest BCUT2D eigenvalue weighted by Gasteiger charge is -2.31. The molecular weight excluding hydrogens is 359 g/mol. The van der Waals surface area contributed by atoms with Crippen molar-refractivity contribution in [1.29, 1.82) is 0 Å². The molecule has 2 N–H and O–H groups in total. The monoisotopic (exact) mass is 379 g/mol. The van der Waals surface area contributed by atoms with Crippen LogP contribution >= 0.6 is 23.2 Å². The van der Waals surface area contributed by atoms with Gasteiger partial charge in [-0.1, -0.05) is 41.4 Å². The molecule has 6 heteroatoms. The SMILES string of the molecule is Cc1ccccc1NC(=O)[C@@H](c1ccc(Cl)cc1Cl)[NH+]1CCOCC1. The molecule has 25 heavy (non-hydrogen) atoms. The maximum absolute atomic E-state index is 13.1. The summed E-state index contributed by atoms with van der Waals surface area (Å²) >= 11 is 12.4. The number of aryl methyl sites for hydroxylation is 1. The van der Waals surface area contributed by atoms with E-state index in [1.54, 1.807) is 12.1 Å². The molecule has 0 aliphatic carbocycles. The summed E-state index contributed by atoms with van der Waals surface area (Å²) in [6.45, 7) is 4.75. The van der Waals surface area contributed by atoms with E-state index in [0.717, 1.165) is 34.8 Å². The lowest BCUT2D eigenvalue weighted by Crippen LogP contribution is -3.15. The van der Waals surface area contributed by atoms with Gasteiger partial charge in [-0.05, 0) is 36.8 Å². The molecule has 0 saturated carbocycles. The Balaban J connectivity index is 1.92. The fraction of sp³-hybridized carbons (Fsp3) is 0.316. The first-order chi connectivity index (χ1) is 12.1. The third-order valence-electron chi connectivity index (χ3n) is 4.48. The van der Waals surface area contributed by atoms with Crippen LogP contribution in [0.15, 0.2) is 42.5 Å². The second kappa shape index (κ2) is 8.19. The van der Waals surface area contributed by atoms with Gasteiger partial charge in [0.15, 0.2) is 6.04 Å². The minimum atomic E-state index is -0.409. The number of hydrogen-bond acceptors (Lipinski definition) is 2. The zero-order valence-electron chi connectivity index (χ0n) is 14.0. The molecule has 1 fully saturated rings. The Bertz CT molecular complexity index is 761. The number of quaternary nitrogens is 1. The molecule has 4 nitrogen and oxygen atoms in total. The van der Waals surface area contributed by atoms with E-state index in [-0.39, 0.29) is 5.91 Å². The molecule has 0 aromatic heterocycles. The Morgan fingerprint density at radius 1 is 1.16 bits per heavy atom. The van der Waals surface area contributed by atoms with Gasteiger partial charge in [-0.3, -0.25) is 4.79 Å². The van der Waals surface area contributed by atoms with Crippen LogP contribution in [0.1, 0.15) is 17.2 Å². The van der Waals surface area contributed by atoms with Crippen molar-refractivity contribution >= 4 is 34.8 Å².